The van der Waals surface area contributed by atoms with Gasteiger partial charge in [-0.05, 0) is 103 Å². The van der Waals surface area contributed by atoms with Crippen LogP contribution in [0, 0.1) is 17.3 Å². The van der Waals surface area contributed by atoms with Crippen molar-refractivity contribution in [3.63, 3.8) is 0 Å². The van der Waals surface area contributed by atoms with Crippen LogP contribution in [0.25, 0.3) is 0 Å². The zero-order valence-electron chi connectivity index (χ0n) is 24.6. The number of aryl methyl sites for hydroxylation is 1. The largest absolute Gasteiger partial charge is 0.508 e. The van der Waals surface area contributed by atoms with Crippen molar-refractivity contribution in [1.29, 1.82) is 0 Å². The number of phenols is 2. The van der Waals surface area contributed by atoms with Crippen LogP contribution in [0.15, 0.2) is 60.7 Å². The van der Waals surface area contributed by atoms with Crippen LogP contribution in [0.4, 0.5) is 5.69 Å². The van der Waals surface area contributed by atoms with E-state index < -0.39 is 11.7 Å². The molecular formula is C35H40N2O6. The molecule has 0 heterocycles. The summed E-state index contributed by atoms with van der Waals surface area (Å²) in [6, 6.07) is 18.4. The summed E-state index contributed by atoms with van der Waals surface area (Å²) in [5, 5.41) is 23.4. The lowest BCUT2D eigenvalue weighted by Gasteiger charge is -2.50. The molecule has 0 bridgehead atoms. The molecular weight excluding hydrogens is 544 g/mol. The predicted octanol–water partition coefficient (Wildman–Crippen LogP) is 6.05. The van der Waals surface area contributed by atoms with Crippen LogP contribution >= 0.6 is 0 Å². The van der Waals surface area contributed by atoms with E-state index in [0.717, 1.165) is 44.1 Å². The first kappa shape index (κ1) is 29.1. The van der Waals surface area contributed by atoms with Gasteiger partial charge in [0.05, 0.1) is 24.8 Å². The monoisotopic (exact) mass is 584 g/mol. The van der Waals surface area contributed by atoms with E-state index >= 15 is 0 Å². The van der Waals surface area contributed by atoms with Crippen molar-refractivity contribution in [1.82, 2.24) is 0 Å². The second-order valence-electron chi connectivity index (χ2n) is 12.6. The van der Waals surface area contributed by atoms with Crippen LogP contribution in [0.1, 0.15) is 78.4 Å². The summed E-state index contributed by atoms with van der Waals surface area (Å²) in [6.07, 6.45) is 6.69. The number of fused-ring (bicyclic) bond motifs is 5. The first-order valence-electron chi connectivity index (χ1n) is 15.3. The normalized spacial score (nSPS) is 25.7. The summed E-state index contributed by atoms with van der Waals surface area (Å²) in [7, 11) is 0. The van der Waals surface area contributed by atoms with E-state index in [1.807, 2.05) is 42.5 Å². The molecule has 226 valence electrons. The summed E-state index contributed by atoms with van der Waals surface area (Å²) in [5.41, 5.74) is 9.16. The summed E-state index contributed by atoms with van der Waals surface area (Å²) in [4.78, 5) is 25.0. The minimum Gasteiger partial charge on any atom is -0.508 e. The highest BCUT2D eigenvalue weighted by molar-refractivity contribution is 6.02. The van der Waals surface area contributed by atoms with E-state index in [1.165, 1.54) is 23.3 Å². The van der Waals surface area contributed by atoms with Gasteiger partial charge in [-0.2, -0.15) is 0 Å². The maximum Gasteiger partial charge on any atom is 0.256 e. The Kier molecular flexibility index (Phi) is 8.05. The molecule has 0 radical (unpaired) electrons. The number of nitrogens with one attached hydrogen (secondary N) is 1. The zero-order chi connectivity index (χ0) is 30.1. The Balaban J connectivity index is 1.04. The lowest BCUT2D eigenvalue weighted by molar-refractivity contribution is -0.119. The molecule has 3 aliphatic carbocycles. The van der Waals surface area contributed by atoms with Gasteiger partial charge in [-0.3, -0.25) is 9.59 Å². The number of aromatic hydroxyl groups is 2. The minimum absolute atomic E-state index is 0.0797. The van der Waals surface area contributed by atoms with Gasteiger partial charge < -0.3 is 30.7 Å². The first-order valence-corrected chi connectivity index (χ1v) is 15.3. The van der Waals surface area contributed by atoms with Crippen LogP contribution < -0.4 is 15.8 Å². The Hall–Kier alpha value is -4.04. The molecule has 8 nitrogen and oxygen atoms in total. The second kappa shape index (κ2) is 11.9. The lowest BCUT2D eigenvalue weighted by atomic mass is 9.55. The van der Waals surface area contributed by atoms with Crippen molar-refractivity contribution in [2.75, 3.05) is 11.9 Å². The molecule has 2 fully saturated rings. The van der Waals surface area contributed by atoms with Crippen molar-refractivity contribution in [2.45, 2.75) is 70.5 Å². The van der Waals surface area contributed by atoms with Gasteiger partial charge in [0, 0.05) is 0 Å². The number of carbonyl (C=O) groups excluding carboxylic acids is 2. The number of benzene rings is 3. The van der Waals surface area contributed by atoms with Crippen molar-refractivity contribution in [2.24, 2.45) is 23.0 Å². The molecule has 4 unspecified atom stereocenters. The number of phenolic OH excluding ortho intramolecular Hbond substituents is 1. The van der Waals surface area contributed by atoms with Gasteiger partial charge >= 0.3 is 0 Å². The number of amides is 2. The Morgan fingerprint density at radius 1 is 1.02 bits per heavy atom. The number of hydrogen-bond acceptors (Lipinski definition) is 6. The quantitative estimate of drug-likeness (QED) is 0.227. The van der Waals surface area contributed by atoms with Crippen LogP contribution in [-0.2, 0) is 22.6 Å². The molecule has 5 atom stereocenters. The molecule has 8 heteroatoms. The van der Waals surface area contributed by atoms with Gasteiger partial charge in [-0.1, -0.05) is 43.3 Å². The number of carbonyl (C=O) groups is 2. The minimum atomic E-state index is -0.849. The number of rotatable bonds is 9. The van der Waals surface area contributed by atoms with E-state index in [0.29, 0.717) is 23.5 Å². The number of anilines is 1. The molecule has 0 aliphatic heterocycles. The molecule has 6 rings (SSSR count). The first-order chi connectivity index (χ1) is 20.7. The zero-order valence-corrected chi connectivity index (χ0v) is 24.6. The fourth-order valence-electron chi connectivity index (χ4n) is 8.07. The number of hydrogen-bond donors (Lipinski definition) is 4. The molecule has 43 heavy (non-hydrogen) atoms. The van der Waals surface area contributed by atoms with E-state index in [-0.39, 0.29) is 54.1 Å². The number of nitrogens with two attached hydrogens (primary N) is 1. The summed E-state index contributed by atoms with van der Waals surface area (Å²) >= 11 is 0. The van der Waals surface area contributed by atoms with Gasteiger partial charge in [0.2, 0.25) is 5.91 Å². The van der Waals surface area contributed by atoms with E-state index in [2.05, 4.69) is 18.3 Å². The molecule has 0 saturated heterocycles. The van der Waals surface area contributed by atoms with Crippen molar-refractivity contribution in [3.05, 3.63) is 82.9 Å². The third-order valence-electron chi connectivity index (χ3n) is 10.2. The molecule has 0 aromatic heterocycles. The Morgan fingerprint density at radius 2 is 1.84 bits per heavy atom. The maximum atomic E-state index is 12.8. The highest BCUT2D eigenvalue weighted by Crippen LogP contribution is 2.61. The van der Waals surface area contributed by atoms with Crippen LogP contribution in [0.2, 0.25) is 0 Å². The van der Waals surface area contributed by atoms with E-state index in [1.54, 1.807) is 0 Å². The molecule has 3 aliphatic rings. The fourth-order valence-corrected chi connectivity index (χ4v) is 8.07. The fraction of sp³-hybridized carbons (Fsp3) is 0.429. The average molecular weight is 585 g/mol. The second-order valence-corrected chi connectivity index (χ2v) is 12.6. The highest BCUT2D eigenvalue weighted by atomic mass is 16.5. The average Bonchev–Trinajstić information content (AvgIpc) is 3.33. The van der Waals surface area contributed by atoms with E-state index in [9.17, 15) is 19.8 Å². The molecule has 2 saturated carbocycles. The third-order valence-corrected chi connectivity index (χ3v) is 10.2. The van der Waals surface area contributed by atoms with Crippen molar-refractivity contribution in [3.8, 4) is 17.2 Å². The summed E-state index contributed by atoms with van der Waals surface area (Å²) in [5.74, 6) is 0.656. The molecule has 3 aromatic rings. The van der Waals surface area contributed by atoms with Crippen molar-refractivity contribution < 1.29 is 29.3 Å². The van der Waals surface area contributed by atoms with Gasteiger partial charge in [0.15, 0.2) is 5.75 Å². The third kappa shape index (κ3) is 5.68. The smallest absolute Gasteiger partial charge is 0.256 e. The van der Waals surface area contributed by atoms with Gasteiger partial charge in [0.25, 0.3) is 5.91 Å². The van der Waals surface area contributed by atoms with Crippen LogP contribution in [-0.4, -0.2) is 34.7 Å². The predicted molar refractivity (Wildman–Crippen MR) is 163 cm³/mol. The van der Waals surface area contributed by atoms with Gasteiger partial charge in [-0.15, -0.1) is 0 Å². The summed E-state index contributed by atoms with van der Waals surface area (Å²) < 4.78 is 12.1. The highest BCUT2D eigenvalue weighted by Gasteiger charge is 2.55. The Labute approximate surface area is 252 Å². The molecule has 3 aromatic carbocycles. The van der Waals surface area contributed by atoms with Crippen LogP contribution in [0.5, 0.6) is 17.2 Å². The van der Waals surface area contributed by atoms with Crippen LogP contribution in [0.3, 0.4) is 0 Å². The number of ether oxygens (including phenoxy) is 2. The van der Waals surface area contributed by atoms with Gasteiger partial charge in [0.1, 0.15) is 23.7 Å². The number of primary amides is 1. The summed E-state index contributed by atoms with van der Waals surface area (Å²) in [6.45, 7) is 2.84. The SMILES string of the molecule is CC12CCC3c4ccc(O)cc4CCC3C1CC[C@@H]2OCCC(=O)Nc1ccc(OCc2ccccc2)c(C(N)=O)c1O. The molecule has 5 N–H and O–H groups in total. The molecule has 2 amide bonds. The standard InChI is InChI=1S/C35H40N2O6/c1-35-17-15-25-24-10-8-23(38)19-22(24)7-9-26(25)27(35)11-14-30(35)42-18-16-31(39)37-28-12-13-29(32(33(28)40)34(36)41)43-20-21-5-3-2-4-6-21/h2-6,8,10,12-13,19,25-27,30,38,40H,7,9,11,14-18,20H2,1H3,(H2,36,41)(H,37,39)/t25?,26?,27?,30-,35?/m0/s1. The maximum absolute atomic E-state index is 12.8. The topological polar surface area (TPSA) is 131 Å². The Morgan fingerprint density at radius 3 is 2.63 bits per heavy atom. The van der Waals surface area contributed by atoms with Gasteiger partial charge in [-0.25, -0.2) is 0 Å². The van der Waals surface area contributed by atoms with E-state index in [4.69, 9.17) is 15.2 Å². The Bertz CT molecular complexity index is 1510. The lowest BCUT2D eigenvalue weighted by Crippen LogP contribution is -2.44. The molecule has 0 spiro atoms. The van der Waals surface area contributed by atoms with Crippen molar-refractivity contribution >= 4 is 17.5 Å².